The summed E-state index contributed by atoms with van der Waals surface area (Å²) in [5.74, 6) is -4.41. The van der Waals surface area contributed by atoms with Gasteiger partial charge in [0.15, 0.2) is 0 Å². The van der Waals surface area contributed by atoms with Gasteiger partial charge in [-0.25, -0.2) is 8.78 Å². The Hall–Kier alpha value is -0.200. The number of carbonyl (C=O) groups is 1. The standard InChI is InChI=1S/C12H13ClF2O3.Na/c1-12(14,15)5-4-10(16)8-3-2-7(13)6-9(8)11(17)18;/h2-3,6,10,16H,4-5H2,1H3,(H,17,18);/q;+1/p-1. The molecular weight excluding hydrogens is 289 g/mol. The second kappa shape index (κ2) is 7.55. The zero-order valence-corrected chi connectivity index (χ0v) is 13.4. The number of hydrogen-bond acceptors (Lipinski definition) is 3. The summed E-state index contributed by atoms with van der Waals surface area (Å²) in [5.41, 5.74) is -0.252. The molecule has 3 nitrogen and oxygen atoms in total. The fraction of sp³-hybridized carbons (Fsp3) is 0.417. The van der Waals surface area contributed by atoms with Crippen molar-refractivity contribution in [3.05, 3.63) is 34.3 Å². The Balaban J connectivity index is 0.00000324. The van der Waals surface area contributed by atoms with Crippen LogP contribution in [0, 0.1) is 0 Å². The van der Waals surface area contributed by atoms with Gasteiger partial charge in [-0.15, -0.1) is 0 Å². The number of rotatable bonds is 5. The van der Waals surface area contributed by atoms with Crippen LogP contribution in [0.25, 0.3) is 0 Å². The average molecular weight is 301 g/mol. The van der Waals surface area contributed by atoms with E-state index in [1.54, 1.807) is 0 Å². The number of alkyl halides is 2. The fourth-order valence-electron chi connectivity index (χ4n) is 1.54. The maximum Gasteiger partial charge on any atom is 1.00 e. The number of aromatic carboxylic acids is 1. The normalized spacial score (nSPS) is 12.7. The molecule has 0 aliphatic heterocycles. The second-order valence-corrected chi connectivity index (χ2v) is 4.58. The number of aliphatic hydroxyl groups is 1. The predicted octanol–water partition coefficient (Wildman–Crippen LogP) is -0.824. The molecule has 0 saturated heterocycles. The van der Waals surface area contributed by atoms with Gasteiger partial charge in [0, 0.05) is 17.0 Å². The van der Waals surface area contributed by atoms with Crippen molar-refractivity contribution in [1.82, 2.24) is 0 Å². The van der Waals surface area contributed by atoms with Crippen molar-refractivity contribution in [2.45, 2.75) is 31.8 Å². The largest absolute Gasteiger partial charge is 1.00 e. The molecule has 0 aliphatic rings. The van der Waals surface area contributed by atoms with Gasteiger partial charge < -0.3 is 15.0 Å². The smallest absolute Gasteiger partial charge is 0.545 e. The minimum Gasteiger partial charge on any atom is -0.545 e. The Kier molecular flexibility index (Phi) is 7.47. The van der Waals surface area contributed by atoms with Crippen molar-refractivity contribution in [2.75, 3.05) is 0 Å². The average Bonchev–Trinajstić information content (AvgIpc) is 2.24. The molecule has 7 heteroatoms. The van der Waals surface area contributed by atoms with E-state index in [9.17, 15) is 23.8 Å². The van der Waals surface area contributed by atoms with Crippen LogP contribution in [0.3, 0.4) is 0 Å². The number of halogens is 3. The number of aliphatic hydroxyl groups excluding tert-OH is 1. The first-order valence-electron chi connectivity index (χ1n) is 5.27. The van der Waals surface area contributed by atoms with Crippen LogP contribution in [0.1, 0.15) is 41.8 Å². The maximum absolute atomic E-state index is 12.7. The molecule has 0 spiro atoms. The molecule has 1 aromatic rings. The summed E-state index contributed by atoms with van der Waals surface area (Å²) in [6.45, 7) is 0.737. The van der Waals surface area contributed by atoms with Crippen LogP contribution in [-0.4, -0.2) is 17.0 Å². The van der Waals surface area contributed by atoms with E-state index in [4.69, 9.17) is 11.6 Å². The fourth-order valence-corrected chi connectivity index (χ4v) is 1.71. The zero-order valence-electron chi connectivity index (χ0n) is 10.6. The van der Waals surface area contributed by atoms with E-state index in [0.717, 1.165) is 13.0 Å². The zero-order chi connectivity index (χ0) is 13.9. The number of hydrogen-bond donors (Lipinski definition) is 1. The first kappa shape index (κ1) is 18.8. The third kappa shape index (κ3) is 6.19. The molecule has 0 amide bonds. The van der Waals surface area contributed by atoms with Crippen LogP contribution in [0.4, 0.5) is 8.78 Å². The molecule has 0 bridgehead atoms. The van der Waals surface area contributed by atoms with E-state index in [1.807, 2.05) is 0 Å². The SMILES string of the molecule is CC(F)(F)CCC(O)c1ccc(Cl)cc1C(=O)[O-].[Na+]. The third-order valence-electron chi connectivity index (χ3n) is 2.45. The molecule has 0 radical (unpaired) electrons. The molecule has 0 saturated carbocycles. The van der Waals surface area contributed by atoms with Gasteiger partial charge in [-0.3, -0.25) is 0 Å². The molecule has 100 valence electrons. The molecule has 1 unspecified atom stereocenters. The Morgan fingerprint density at radius 1 is 1.53 bits per heavy atom. The van der Waals surface area contributed by atoms with E-state index in [1.165, 1.54) is 12.1 Å². The summed E-state index contributed by atoms with van der Waals surface area (Å²) in [4.78, 5) is 10.9. The van der Waals surface area contributed by atoms with Gasteiger partial charge in [-0.1, -0.05) is 17.7 Å². The second-order valence-electron chi connectivity index (χ2n) is 4.14. The van der Waals surface area contributed by atoms with E-state index in [0.29, 0.717) is 0 Å². The Labute approximate surface area is 136 Å². The van der Waals surface area contributed by atoms with Crippen molar-refractivity contribution in [1.29, 1.82) is 0 Å². The van der Waals surface area contributed by atoms with Crippen LogP contribution in [0.2, 0.25) is 5.02 Å². The number of carbonyl (C=O) groups excluding carboxylic acids is 1. The quantitative estimate of drug-likeness (QED) is 0.723. The molecule has 1 atom stereocenters. The van der Waals surface area contributed by atoms with E-state index >= 15 is 0 Å². The third-order valence-corrected chi connectivity index (χ3v) is 2.69. The minimum absolute atomic E-state index is 0. The summed E-state index contributed by atoms with van der Waals surface area (Å²) < 4.78 is 25.3. The predicted molar refractivity (Wildman–Crippen MR) is 60.6 cm³/mol. The van der Waals surface area contributed by atoms with Gasteiger partial charge in [0.25, 0.3) is 0 Å². The van der Waals surface area contributed by atoms with Gasteiger partial charge >= 0.3 is 29.6 Å². The van der Waals surface area contributed by atoms with Gasteiger partial charge in [-0.2, -0.15) is 0 Å². The van der Waals surface area contributed by atoms with Crippen molar-refractivity contribution in [3.8, 4) is 0 Å². The van der Waals surface area contributed by atoms with Crippen LogP contribution >= 0.6 is 11.6 Å². The van der Waals surface area contributed by atoms with Crippen LogP contribution in [0.15, 0.2) is 18.2 Å². The summed E-state index contributed by atoms with van der Waals surface area (Å²) >= 11 is 5.62. The van der Waals surface area contributed by atoms with Crippen LogP contribution in [0.5, 0.6) is 0 Å². The van der Waals surface area contributed by atoms with Crippen molar-refractivity contribution in [3.63, 3.8) is 0 Å². The Bertz CT molecular complexity index is 449. The molecule has 1 rings (SSSR count). The van der Waals surface area contributed by atoms with Gasteiger partial charge in [0.1, 0.15) is 0 Å². The van der Waals surface area contributed by atoms with E-state index in [2.05, 4.69) is 0 Å². The molecule has 0 fully saturated rings. The molecule has 0 aliphatic carbocycles. The first-order chi connectivity index (χ1) is 8.20. The monoisotopic (exact) mass is 300 g/mol. The van der Waals surface area contributed by atoms with E-state index < -0.39 is 24.4 Å². The van der Waals surface area contributed by atoms with Gasteiger partial charge in [-0.05, 0) is 31.0 Å². The van der Waals surface area contributed by atoms with Crippen LogP contribution in [-0.2, 0) is 0 Å². The van der Waals surface area contributed by atoms with E-state index in [-0.39, 0.29) is 52.1 Å². The minimum atomic E-state index is -2.91. The molecule has 0 heterocycles. The topological polar surface area (TPSA) is 60.4 Å². The van der Waals surface area contributed by atoms with Crippen molar-refractivity contribution in [2.24, 2.45) is 0 Å². The molecule has 19 heavy (non-hydrogen) atoms. The van der Waals surface area contributed by atoms with Gasteiger partial charge in [0.2, 0.25) is 5.92 Å². The summed E-state index contributed by atoms with van der Waals surface area (Å²) in [5, 5.41) is 20.8. The molecule has 1 N–H and O–H groups in total. The molecule has 1 aromatic carbocycles. The van der Waals surface area contributed by atoms with Gasteiger partial charge in [0.05, 0.1) is 12.1 Å². The number of carboxylic acids is 1. The first-order valence-corrected chi connectivity index (χ1v) is 5.65. The Morgan fingerprint density at radius 2 is 2.11 bits per heavy atom. The van der Waals surface area contributed by atoms with Crippen molar-refractivity contribution < 1.29 is 53.3 Å². The molecule has 0 aromatic heterocycles. The summed E-state index contributed by atoms with van der Waals surface area (Å²) in [6, 6.07) is 3.81. The summed E-state index contributed by atoms with van der Waals surface area (Å²) in [7, 11) is 0. The number of carboxylic acid groups (broad SMARTS) is 1. The van der Waals surface area contributed by atoms with Crippen LogP contribution < -0.4 is 34.7 Å². The summed E-state index contributed by atoms with van der Waals surface area (Å²) in [6.07, 6.45) is -2.07. The molecular formula is C12H12ClF2NaO3. The Morgan fingerprint density at radius 3 is 2.58 bits per heavy atom. The maximum atomic E-state index is 12.7. The van der Waals surface area contributed by atoms with Crippen molar-refractivity contribution >= 4 is 17.6 Å². The number of benzene rings is 1.